The summed E-state index contributed by atoms with van der Waals surface area (Å²) in [5.74, 6) is -1.53. The number of benzene rings is 2. The molecular formula is C34H48N6O6S. The zero-order valence-corrected chi connectivity index (χ0v) is 28.4. The molecule has 4 rings (SSSR count). The van der Waals surface area contributed by atoms with Crippen LogP contribution in [0.25, 0.3) is 0 Å². The number of nitrogens with one attached hydrogen (secondary N) is 2. The van der Waals surface area contributed by atoms with Gasteiger partial charge in [-0.1, -0.05) is 54.1 Å². The van der Waals surface area contributed by atoms with E-state index in [1.165, 1.54) is 11.8 Å². The van der Waals surface area contributed by atoms with Crippen molar-refractivity contribution in [3.63, 3.8) is 0 Å². The first-order chi connectivity index (χ1) is 22.4. The molecule has 2 aliphatic heterocycles. The Labute approximate surface area is 278 Å². The number of piperidine rings is 1. The Bertz CT molecular complexity index is 1530. The van der Waals surface area contributed by atoms with Crippen LogP contribution < -0.4 is 15.8 Å². The van der Waals surface area contributed by atoms with Crippen LogP contribution in [-0.2, 0) is 48.0 Å². The third-order valence-corrected chi connectivity index (χ3v) is 10.5. The molecule has 2 saturated heterocycles. The molecule has 2 fully saturated rings. The van der Waals surface area contributed by atoms with Gasteiger partial charge in [0.15, 0.2) is 5.78 Å². The molecule has 0 aliphatic carbocycles. The van der Waals surface area contributed by atoms with Gasteiger partial charge in [-0.05, 0) is 49.3 Å². The van der Waals surface area contributed by atoms with E-state index in [-0.39, 0.29) is 48.9 Å². The Hall–Kier alpha value is -3.65. The lowest BCUT2D eigenvalue weighted by atomic mass is 10.0. The van der Waals surface area contributed by atoms with Crippen LogP contribution in [0.15, 0.2) is 48.5 Å². The minimum absolute atomic E-state index is 0.0173. The molecule has 2 heterocycles. The lowest BCUT2D eigenvalue weighted by Gasteiger charge is -2.37. The van der Waals surface area contributed by atoms with Crippen molar-refractivity contribution >= 4 is 33.5 Å². The van der Waals surface area contributed by atoms with Crippen LogP contribution in [0.5, 0.6) is 0 Å². The molecule has 2 aromatic carbocycles. The van der Waals surface area contributed by atoms with Gasteiger partial charge in [0.2, 0.25) is 27.7 Å². The number of nitrogens with two attached hydrogens (primary N) is 1. The van der Waals surface area contributed by atoms with E-state index in [1.54, 1.807) is 47.2 Å². The molecule has 0 unspecified atom stereocenters. The van der Waals surface area contributed by atoms with Crippen molar-refractivity contribution in [2.24, 2.45) is 5.73 Å². The molecule has 2 atom stereocenters. The standard InChI is InChI=1S/C34H48N6O6S/c1-24-11-12-27(20-35)28(18-24)21-36-22-32(42)31-10-7-15-40(31)34(44)30(37-47(45,46)23-26-8-5-4-6-9-26)19-33(43)38(3)29-13-16-39(17-14-29)25(2)41/h4-6,8-9,11-12,18,29-31,36-37H,7,10,13-17,19-23,35H2,1-3H3/t30-,31+/m1/s1. The third-order valence-electron chi connectivity index (χ3n) is 9.15. The van der Waals surface area contributed by atoms with Gasteiger partial charge in [-0.3, -0.25) is 19.2 Å². The summed E-state index contributed by atoms with van der Waals surface area (Å²) in [5.41, 5.74) is 9.49. The van der Waals surface area contributed by atoms with Gasteiger partial charge in [-0.15, -0.1) is 0 Å². The molecule has 2 aromatic rings. The summed E-state index contributed by atoms with van der Waals surface area (Å²) in [6.07, 6.45) is 1.83. The molecule has 0 aromatic heterocycles. The summed E-state index contributed by atoms with van der Waals surface area (Å²) in [7, 11) is -2.39. The largest absolute Gasteiger partial charge is 0.343 e. The second-order valence-electron chi connectivity index (χ2n) is 12.6. The fourth-order valence-corrected chi connectivity index (χ4v) is 7.78. The monoisotopic (exact) mass is 668 g/mol. The predicted octanol–water partition coefficient (Wildman–Crippen LogP) is 1.45. The summed E-state index contributed by atoms with van der Waals surface area (Å²) < 4.78 is 29.2. The minimum atomic E-state index is -4.03. The van der Waals surface area contributed by atoms with Gasteiger partial charge in [0.05, 0.1) is 24.8 Å². The molecule has 13 heteroatoms. The number of nitrogens with zero attached hydrogens (tertiary/aromatic N) is 3. The number of rotatable bonds is 14. The second kappa shape index (κ2) is 16.4. The number of carbonyl (C=O) groups is 4. The van der Waals surface area contributed by atoms with E-state index in [1.807, 2.05) is 25.1 Å². The van der Waals surface area contributed by atoms with Crippen molar-refractivity contribution < 1.29 is 27.6 Å². The number of likely N-dealkylation sites (tertiary alicyclic amines) is 2. The summed E-state index contributed by atoms with van der Waals surface area (Å²) >= 11 is 0. The van der Waals surface area contributed by atoms with Crippen LogP contribution in [0.1, 0.15) is 61.3 Å². The average Bonchev–Trinajstić information content (AvgIpc) is 3.54. The van der Waals surface area contributed by atoms with Crippen LogP contribution >= 0.6 is 0 Å². The van der Waals surface area contributed by atoms with Gasteiger partial charge in [0, 0.05) is 52.7 Å². The fourth-order valence-electron chi connectivity index (χ4n) is 6.44. The molecule has 256 valence electrons. The van der Waals surface area contributed by atoms with Crippen molar-refractivity contribution in [3.8, 4) is 0 Å². The highest BCUT2D eigenvalue weighted by molar-refractivity contribution is 7.88. The van der Waals surface area contributed by atoms with Crippen LogP contribution in [0.3, 0.4) is 0 Å². The van der Waals surface area contributed by atoms with Gasteiger partial charge in [0.25, 0.3) is 0 Å². The van der Waals surface area contributed by atoms with E-state index < -0.39 is 28.0 Å². The molecule has 2 aliphatic rings. The number of aryl methyl sites for hydroxylation is 1. The van der Waals surface area contributed by atoms with E-state index >= 15 is 0 Å². The summed E-state index contributed by atoms with van der Waals surface area (Å²) in [4.78, 5) is 57.5. The smallest absolute Gasteiger partial charge is 0.241 e. The summed E-state index contributed by atoms with van der Waals surface area (Å²) in [5, 5.41) is 3.19. The first-order valence-electron chi connectivity index (χ1n) is 16.3. The van der Waals surface area contributed by atoms with Crippen LogP contribution in [0, 0.1) is 6.92 Å². The lowest BCUT2D eigenvalue weighted by molar-refractivity contribution is -0.142. The normalized spacial score (nSPS) is 17.8. The van der Waals surface area contributed by atoms with E-state index in [0.717, 1.165) is 16.7 Å². The van der Waals surface area contributed by atoms with Crippen LogP contribution in [0.2, 0.25) is 0 Å². The summed E-state index contributed by atoms with van der Waals surface area (Å²) in [6, 6.07) is 12.3. The lowest BCUT2D eigenvalue weighted by Crippen LogP contribution is -2.55. The van der Waals surface area contributed by atoms with Crippen molar-refractivity contribution in [1.29, 1.82) is 0 Å². The quantitative estimate of drug-likeness (QED) is 0.273. The number of hydrogen-bond acceptors (Lipinski definition) is 8. The van der Waals surface area contributed by atoms with Gasteiger partial charge in [0.1, 0.15) is 6.04 Å². The Morgan fingerprint density at radius 1 is 1.00 bits per heavy atom. The number of hydrogen-bond donors (Lipinski definition) is 3. The predicted molar refractivity (Wildman–Crippen MR) is 179 cm³/mol. The molecule has 3 amide bonds. The van der Waals surface area contributed by atoms with Crippen molar-refractivity contribution in [1.82, 2.24) is 24.7 Å². The molecule has 0 spiro atoms. The SMILES string of the molecule is CC(=O)N1CCC(N(C)C(=O)C[C@@H](NS(=O)(=O)Cc2ccccc2)C(=O)N2CCC[C@H]2C(=O)CNCc2cc(C)ccc2CN)CC1. The first-order valence-corrected chi connectivity index (χ1v) is 17.9. The molecular weight excluding hydrogens is 620 g/mol. The van der Waals surface area contributed by atoms with Crippen LogP contribution in [0.4, 0.5) is 0 Å². The maximum atomic E-state index is 14.1. The Kier molecular flexibility index (Phi) is 12.7. The van der Waals surface area contributed by atoms with Gasteiger partial charge in [-0.25, -0.2) is 13.1 Å². The highest BCUT2D eigenvalue weighted by atomic mass is 32.2. The maximum Gasteiger partial charge on any atom is 0.241 e. The van der Waals surface area contributed by atoms with E-state index in [0.29, 0.717) is 57.4 Å². The Morgan fingerprint density at radius 3 is 2.36 bits per heavy atom. The zero-order chi connectivity index (χ0) is 34.1. The van der Waals surface area contributed by atoms with Crippen molar-refractivity contribution in [2.75, 3.05) is 33.2 Å². The number of carbonyl (C=O) groups excluding carboxylic acids is 4. The van der Waals surface area contributed by atoms with Gasteiger partial charge >= 0.3 is 0 Å². The Balaban J connectivity index is 1.46. The minimum Gasteiger partial charge on any atom is -0.343 e. The third kappa shape index (κ3) is 9.92. The maximum absolute atomic E-state index is 14.1. The molecule has 47 heavy (non-hydrogen) atoms. The van der Waals surface area contributed by atoms with Crippen molar-refractivity contribution in [3.05, 3.63) is 70.8 Å². The number of ketones is 1. The molecule has 4 N–H and O–H groups in total. The van der Waals surface area contributed by atoms with Crippen molar-refractivity contribution in [2.45, 2.75) is 82.9 Å². The first kappa shape index (κ1) is 36.2. The number of sulfonamides is 1. The molecule has 0 bridgehead atoms. The summed E-state index contributed by atoms with van der Waals surface area (Å²) in [6.45, 7) is 5.67. The van der Waals surface area contributed by atoms with Gasteiger partial charge < -0.3 is 25.8 Å². The second-order valence-corrected chi connectivity index (χ2v) is 14.4. The molecule has 12 nitrogen and oxygen atoms in total. The van der Waals surface area contributed by atoms with E-state index in [2.05, 4.69) is 10.0 Å². The van der Waals surface area contributed by atoms with Crippen LogP contribution in [-0.4, -0.2) is 98.0 Å². The van der Waals surface area contributed by atoms with E-state index in [9.17, 15) is 27.6 Å². The highest BCUT2D eigenvalue weighted by Gasteiger charge is 2.39. The molecule has 0 radical (unpaired) electrons. The molecule has 0 saturated carbocycles. The highest BCUT2D eigenvalue weighted by Crippen LogP contribution is 2.22. The number of amides is 3. The van der Waals surface area contributed by atoms with Gasteiger partial charge in [-0.2, -0.15) is 0 Å². The zero-order valence-electron chi connectivity index (χ0n) is 27.6. The Morgan fingerprint density at radius 2 is 1.70 bits per heavy atom. The van der Waals surface area contributed by atoms with E-state index in [4.69, 9.17) is 5.73 Å². The average molecular weight is 669 g/mol. The fraction of sp³-hybridized carbons (Fsp3) is 0.529. The number of Topliss-reactive ketones (excluding diaryl/α,β-unsaturated/α-hetero) is 1. The topological polar surface area (TPSA) is 162 Å².